The van der Waals surface area contributed by atoms with Gasteiger partial charge in [-0.05, 0) is 49.4 Å². The maximum atomic E-state index is 10.8. The second-order valence-electron chi connectivity index (χ2n) is 4.85. The minimum absolute atomic E-state index is 0.210. The lowest BCUT2D eigenvalue weighted by Gasteiger charge is -2.21. The lowest BCUT2D eigenvalue weighted by atomic mass is 9.91. The van der Waals surface area contributed by atoms with Gasteiger partial charge in [-0.3, -0.25) is 4.79 Å². The molecule has 5 nitrogen and oxygen atoms in total. The van der Waals surface area contributed by atoms with Crippen LogP contribution in [0.3, 0.4) is 0 Å². The summed E-state index contributed by atoms with van der Waals surface area (Å²) in [5.74, 6) is -0.189. The molecule has 0 radical (unpaired) electrons. The molecule has 0 aliphatic heterocycles. The molecule has 0 aliphatic carbocycles. The van der Waals surface area contributed by atoms with Crippen molar-refractivity contribution in [2.24, 2.45) is 11.5 Å². The van der Waals surface area contributed by atoms with E-state index in [4.69, 9.17) is 21.3 Å². The lowest BCUT2D eigenvalue weighted by Crippen LogP contribution is -2.34. The van der Waals surface area contributed by atoms with Gasteiger partial charge in [0, 0.05) is 6.04 Å². The minimum Gasteiger partial charge on any atom is -0.496 e. The smallest absolute Gasteiger partial charge is 0.320 e. The molecule has 0 bridgehead atoms. The largest absolute Gasteiger partial charge is 0.496 e. The van der Waals surface area contributed by atoms with E-state index in [-0.39, 0.29) is 6.42 Å². The van der Waals surface area contributed by atoms with Gasteiger partial charge in [-0.15, -0.1) is 0 Å². The van der Waals surface area contributed by atoms with Crippen molar-refractivity contribution in [2.45, 2.75) is 39.3 Å². The van der Waals surface area contributed by atoms with E-state index in [2.05, 4.69) is 0 Å². The van der Waals surface area contributed by atoms with Crippen LogP contribution in [0.4, 0.5) is 0 Å². The van der Waals surface area contributed by atoms with Crippen molar-refractivity contribution in [1.82, 2.24) is 0 Å². The van der Waals surface area contributed by atoms with Crippen molar-refractivity contribution < 1.29 is 14.6 Å². The number of rotatable bonds is 5. The van der Waals surface area contributed by atoms with Gasteiger partial charge in [0.05, 0.1) is 7.11 Å². The zero-order valence-corrected chi connectivity index (χ0v) is 11.9. The predicted molar refractivity (Wildman–Crippen MR) is 74.4 cm³/mol. The second-order valence-corrected chi connectivity index (χ2v) is 4.85. The molecular weight excluding hydrogens is 244 g/mol. The van der Waals surface area contributed by atoms with Gasteiger partial charge in [0.25, 0.3) is 0 Å². The molecule has 0 saturated carbocycles. The van der Waals surface area contributed by atoms with Crippen LogP contribution in [0.25, 0.3) is 0 Å². The number of carbonyl (C=O) groups is 1. The summed E-state index contributed by atoms with van der Waals surface area (Å²) >= 11 is 0. The summed E-state index contributed by atoms with van der Waals surface area (Å²) in [5.41, 5.74) is 15.6. The second kappa shape index (κ2) is 6.04. The Morgan fingerprint density at radius 2 is 1.89 bits per heavy atom. The molecule has 19 heavy (non-hydrogen) atoms. The monoisotopic (exact) mass is 266 g/mol. The molecule has 106 valence electrons. The Hall–Kier alpha value is -1.59. The SMILES string of the molecule is COc1c(C)cc(C(N)CC(N)C(=O)O)c(C)c1C. The molecule has 5 N–H and O–H groups in total. The third-order valence-electron chi connectivity index (χ3n) is 3.49. The summed E-state index contributed by atoms with van der Waals surface area (Å²) in [4.78, 5) is 10.8. The van der Waals surface area contributed by atoms with Gasteiger partial charge in [-0.1, -0.05) is 6.07 Å². The highest BCUT2D eigenvalue weighted by Crippen LogP contribution is 2.31. The van der Waals surface area contributed by atoms with Gasteiger partial charge in [0.2, 0.25) is 0 Å². The standard InChI is InChI=1S/C14H22N2O3/c1-7-5-10(8(2)9(3)13(7)19-4)11(15)6-12(16)14(17)18/h5,11-12H,6,15-16H2,1-4H3,(H,17,18). The molecule has 1 aromatic rings. The quantitative estimate of drug-likeness (QED) is 0.748. The summed E-state index contributed by atoms with van der Waals surface area (Å²) in [6.45, 7) is 5.87. The molecule has 1 rings (SSSR count). The number of carboxylic acid groups (broad SMARTS) is 1. The van der Waals surface area contributed by atoms with E-state index in [0.29, 0.717) is 0 Å². The molecule has 0 spiro atoms. The summed E-state index contributed by atoms with van der Waals surface area (Å²) in [6.07, 6.45) is 0.210. The normalized spacial score (nSPS) is 14.0. The zero-order valence-electron chi connectivity index (χ0n) is 11.9. The Morgan fingerprint density at radius 1 is 1.32 bits per heavy atom. The molecule has 0 aromatic heterocycles. The van der Waals surface area contributed by atoms with Gasteiger partial charge in [0.1, 0.15) is 11.8 Å². The van der Waals surface area contributed by atoms with E-state index in [0.717, 1.165) is 28.0 Å². The Morgan fingerprint density at radius 3 is 2.37 bits per heavy atom. The van der Waals surface area contributed by atoms with Crippen LogP contribution in [0.5, 0.6) is 5.75 Å². The van der Waals surface area contributed by atoms with E-state index in [1.165, 1.54) is 0 Å². The number of ether oxygens (including phenoxy) is 1. The number of nitrogens with two attached hydrogens (primary N) is 2. The van der Waals surface area contributed by atoms with Crippen LogP contribution >= 0.6 is 0 Å². The van der Waals surface area contributed by atoms with Crippen molar-refractivity contribution in [3.05, 3.63) is 28.3 Å². The van der Waals surface area contributed by atoms with Crippen molar-refractivity contribution >= 4 is 5.97 Å². The first-order valence-corrected chi connectivity index (χ1v) is 6.18. The van der Waals surface area contributed by atoms with Crippen LogP contribution < -0.4 is 16.2 Å². The van der Waals surface area contributed by atoms with Gasteiger partial charge < -0.3 is 21.3 Å². The molecule has 1 aromatic carbocycles. The molecule has 0 amide bonds. The lowest BCUT2D eigenvalue weighted by molar-refractivity contribution is -0.138. The Balaban J connectivity index is 3.11. The number of hydrogen-bond acceptors (Lipinski definition) is 4. The molecular formula is C14H22N2O3. The molecule has 0 fully saturated rings. The molecule has 2 unspecified atom stereocenters. The summed E-state index contributed by atoms with van der Waals surface area (Å²) in [5, 5.41) is 8.84. The third kappa shape index (κ3) is 3.24. The fourth-order valence-corrected chi connectivity index (χ4v) is 2.29. The van der Waals surface area contributed by atoms with Crippen LogP contribution in [-0.4, -0.2) is 24.2 Å². The van der Waals surface area contributed by atoms with Crippen LogP contribution in [0.1, 0.15) is 34.7 Å². The number of benzene rings is 1. The summed E-state index contributed by atoms with van der Waals surface area (Å²) in [6, 6.07) is 0.604. The molecule has 0 saturated heterocycles. The van der Waals surface area contributed by atoms with Crippen LogP contribution in [0.2, 0.25) is 0 Å². The topological polar surface area (TPSA) is 98.6 Å². The molecule has 5 heteroatoms. The van der Waals surface area contributed by atoms with Crippen molar-refractivity contribution in [3.8, 4) is 5.75 Å². The zero-order chi connectivity index (χ0) is 14.7. The number of hydrogen-bond donors (Lipinski definition) is 3. The van der Waals surface area contributed by atoms with Gasteiger partial charge in [-0.25, -0.2) is 0 Å². The highest BCUT2D eigenvalue weighted by Gasteiger charge is 2.20. The van der Waals surface area contributed by atoms with Crippen LogP contribution in [0.15, 0.2) is 6.07 Å². The minimum atomic E-state index is -1.03. The molecule has 0 heterocycles. The van der Waals surface area contributed by atoms with E-state index >= 15 is 0 Å². The predicted octanol–water partition coefficient (Wildman–Crippen LogP) is 1.42. The van der Waals surface area contributed by atoms with E-state index in [1.807, 2.05) is 26.8 Å². The van der Waals surface area contributed by atoms with Crippen LogP contribution in [0, 0.1) is 20.8 Å². The number of carboxylic acids is 1. The van der Waals surface area contributed by atoms with Crippen molar-refractivity contribution in [2.75, 3.05) is 7.11 Å². The molecule has 2 atom stereocenters. The maximum Gasteiger partial charge on any atom is 0.320 e. The first kappa shape index (κ1) is 15.5. The number of aryl methyl sites for hydroxylation is 1. The van der Waals surface area contributed by atoms with Gasteiger partial charge in [-0.2, -0.15) is 0 Å². The summed E-state index contributed by atoms with van der Waals surface area (Å²) in [7, 11) is 1.63. The Bertz CT molecular complexity index is 486. The van der Waals surface area contributed by atoms with E-state index < -0.39 is 18.1 Å². The van der Waals surface area contributed by atoms with Crippen molar-refractivity contribution in [1.29, 1.82) is 0 Å². The van der Waals surface area contributed by atoms with Crippen molar-refractivity contribution in [3.63, 3.8) is 0 Å². The number of aliphatic carboxylic acids is 1. The van der Waals surface area contributed by atoms with E-state index in [9.17, 15) is 4.79 Å². The van der Waals surface area contributed by atoms with Crippen LogP contribution in [-0.2, 0) is 4.79 Å². The van der Waals surface area contributed by atoms with E-state index in [1.54, 1.807) is 7.11 Å². The van der Waals surface area contributed by atoms with Gasteiger partial charge in [0.15, 0.2) is 0 Å². The fourth-order valence-electron chi connectivity index (χ4n) is 2.29. The highest BCUT2D eigenvalue weighted by molar-refractivity contribution is 5.73. The number of methoxy groups -OCH3 is 1. The first-order chi connectivity index (χ1) is 8.79. The Labute approximate surface area is 113 Å². The molecule has 0 aliphatic rings. The summed E-state index contributed by atoms with van der Waals surface area (Å²) < 4.78 is 5.35. The average molecular weight is 266 g/mol. The highest BCUT2D eigenvalue weighted by atomic mass is 16.5. The maximum absolute atomic E-state index is 10.8. The first-order valence-electron chi connectivity index (χ1n) is 6.18. The van der Waals surface area contributed by atoms with Gasteiger partial charge >= 0.3 is 5.97 Å². The Kier molecular flexibility index (Phi) is 4.91. The fraction of sp³-hybridized carbons (Fsp3) is 0.500. The average Bonchev–Trinajstić information content (AvgIpc) is 2.34. The third-order valence-corrected chi connectivity index (χ3v) is 3.49.